The molecule has 2 aromatic rings. The Morgan fingerprint density at radius 1 is 1.03 bits per heavy atom. The number of nitrogens with zero attached hydrogens (tertiary/aromatic N) is 2. The third-order valence-electron chi connectivity index (χ3n) is 6.62. The van der Waals surface area contributed by atoms with Crippen LogP contribution in [0, 0.1) is 5.92 Å². The Kier molecular flexibility index (Phi) is 8.10. The number of likely N-dealkylation sites (tertiary alicyclic amines) is 1. The summed E-state index contributed by atoms with van der Waals surface area (Å²) in [4.78, 5) is 14.5. The molecule has 1 unspecified atom stereocenters. The summed E-state index contributed by atoms with van der Waals surface area (Å²) in [5.74, 6) is 0.610. The van der Waals surface area contributed by atoms with Gasteiger partial charge in [-0.25, -0.2) is 24.0 Å². The summed E-state index contributed by atoms with van der Waals surface area (Å²) in [6.45, 7) is 5.64. The van der Waals surface area contributed by atoms with E-state index >= 15 is 0 Å². The molecule has 2 heterocycles. The maximum Gasteiger partial charge on any atom is 0.238 e. The van der Waals surface area contributed by atoms with E-state index in [4.69, 9.17) is 5.14 Å². The van der Waals surface area contributed by atoms with E-state index in [1.54, 1.807) is 12.1 Å². The first kappa shape index (κ1) is 24.9. The number of nitrogens with one attached hydrogen (secondary N) is 3. The molecule has 2 aliphatic rings. The van der Waals surface area contributed by atoms with Crippen LogP contribution in [0.15, 0.2) is 59.5 Å². The lowest BCUT2D eigenvalue weighted by Crippen LogP contribution is -2.54. The highest BCUT2D eigenvalue weighted by atomic mass is 32.2. The van der Waals surface area contributed by atoms with Gasteiger partial charge in [-0.05, 0) is 61.7 Å². The van der Waals surface area contributed by atoms with E-state index in [0.29, 0.717) is 25.6 Å². The zero-order valence-corrected chi connectivity index (χ0v) is 20.1. The van der Waals surface area contributed by atoms with Gasteiger partial charge in [-0.2, -0.15) is 5.53 Å². The lowest BCUT2D eigenvalue weighted by atomic mass is 9.95. The van der Waals surface area contributed by atoms with Gasteiger partial charge in [-0.3, -0.25) is 4.90 Å². The molecule has 0 spiro atoms. The number of piperidine rings is 1. The van der Waals surface area contributed by atoms with E-state index in [2.05, 4.69) is 51.5 Å². The number of nitrogens with two attached hydrogens (primary N) is 1. The lowest BCUT2D eigenvalue weighted by Gasteiger charge is -2.32. The zero-order valence-electron chi connectivity index (χ0n) is 19.3. The number of hydrazine groups is 2. The van der Waals surface area contributed by atoms with Crippen LogP contribution in [0.1, 0.15) is 24.0 Å². The average Bonchev–Trinajstić information content (AvgIpc) is 3.24. The molecular formula is C24H34N6O3S. The molecule has 0 saturated carbocycles. The van der Waals surface area contributed by atoms with Crippen LogP contribution in [0.4, 0.5) is 0 Å². The molecule has 5 N–H and O–H groups in total. The van der Waals surface area contributed by atoms with Gasteiger partial charge in [-0.15, -0.1) is 0 Å². The van der Waals surface area contributed by atoms with Crippen molar-refractivity contribution in [2.24, 2.45) is 11.1 Å². The fourth-order valence-corrected chi connectivity index (χ4v) is 5.12. The number of aldehydes is 1. The number of carbonyl (C=O) groups is 1. The largest absolute Gasteiger partial charge is 0.314 e. The molecule has 0 amide bonds. The third-order valence-corrected chi connectivity index (χ3v) is 7.55. The Hall–Kier alpha value is -2.18. The zero-order chi connectivity index (χ0) is 24.0. The second kappa shape index (κ2) is 11.0. The molecule has 2 saturated heterocycles. The highest BCUT2D eigenvalue weighted by Gasteiger charge is 2.37. The maximum atomic E-state index is 11.9. The predicted octanol–water partition coefficient (Wildman–Crippen LogP) is 0.598. The quantitative estimate of drug-likeness (QED) is 0.361. The van der Waals surface area contributed by atoms with Gasteiger partial charge in [0.2, 0.25) is 10.0 Å². The van der Waals surface area contributed by atoms with Crippen molar-refractivity contribution in [1.82, 2.24) is 26.2 Å². The van der Waals surface area contributed by atoms with Gasteiger partial charge in [0, 0.05) is 26.2 Å². The average molecular weight is 487 g/mol. The van der Waals surface area contributed by atoms with E-state index in [1.165, 1.54) is 17.7 Å². The van der Waals surface area contributed by atoms with E-state index in [1.807, 2.05) is 5.01 Å². The molecule has 0 aromatic heterocycles. The first-order valence-corrected chi connectivity index (χ1v) is 13.2. The molecule has 2 aliphatic heterocycles. The normalized spacial score (nSPS) is 22.7. The van der Waals surface area contributed by atoms with Crippen molar-refractivity contribution in [3.8, 4) is 0 Å². The maximum absolute atomic E-state index is 11.9. The van der Waals surface area contributed by atoms with Gasteiger partial charge < -0.3 is 10.1 Å². The topological polar surface area (TPSA) is 120 Å². The van der Waals surface area contributed by atoms with Crippen LogP contribution in [-0.2, 0) is 27.9 Å². The van der Waals surface area contributed by atoms with Gasteiger partial charge in [0.15, 0.2) is 0 Å². The molecule has 0 radical (unpaired) electrons. The summed E-state index contributed by atoms with van der Waals surface area (Å²) in [6, 6.07) is 17.0. The first-order chi connectivity index (χ1) is 16.4. The third kappa shape index (κ3) is 6.70. The lowest BCUT2D eigenvalue weighted by molar-refractivity contribution is -0.112. The highest BCUT2D eigenvalue weighted by molar-refractivity contribution is 7.89. The molecule has 2 fully saturated rings. The number of primary sulfonamides is 1. The molecule has 10 heteroatoms. The van der Waals surface area contributed by atoms with E-state index < -0.39 is 15.6 Å². The van der Waals surface area contributed by atoms with Crippen molar-refractivity contribution in [2.75, 3.05) is 32.7 Å². The van der Waals surface area contributed by atoms with Crippen molar-refractivity contribution in [2.45, 2.75) is 36.4 Å². The Morgan fingerprint density at radius 2 is 1.71 bits per heavy atom. The second-order valence-electron chi connectivity index (χ2n) is 9.39. The Bertz CT molecular complexity index is 1040. The van der Waals surface area contributed by atoms with Crippen molar-refractivity contribution in [3.63, 3.8) is 0 Å². The Morgan fingerprint density at radius 3 is 2.35 bits per heavy atom. The second-order valence-corrected chi connectivity index (χ2v) is 11.0. The number of carbonyl (C=O) groups excluding carboxylic acids is 1. The minimum atomic E-state index is -3.71. The Labute approximate surface area is 201 Å². The molecule has 0 bridgehead atoms. The number of benzene rings is 2. The minimum absolute atomic E-state index is 0.0843. The van der Waals surface area contributed by atoms with E-state index in [9.17, 15) is 13.2 Å². The first-order valence-electron chi connectivity index (χ1n) is 11.7. The summed E-state index contributed by atoms with van der Waals surface area (Å²) in [5, 5.41) is 10.6. The fraction of sp³-hybridized carbons (Fsp3) is 0.458. The summed E-state index contributed by atoms with van der Waals surface area (Å²) >= 11 is 0. The summed E-state index contributed by atoms with van der Waals surface area (Å²) in [5.41, 5.74) is 7.75. The highest BCUT2D eigenvalue weighted by Crippen LogP contribution is 2.19. The predicted molar refractivity (Wildman–Crippen MR) is 131 cm³/mol. The fourth-order valence-electron chi connectivity index (χ4n) is 4.61. The molecule has 184 valence electrons. The van der Waals surface area contributed by atoms with Crippen molar-refractivity contribution in [1.29, 1.82) is 0 Å². The van der Waals surface area contributed by atoms with Crippen LogP contribution in [0.25, 0.3) is 0 Å². The summed E-state index contributed by atoms with van der Waals surface area (Å²) in [7, 11) is -3.71. The Balaban J connectivity index is 1.19. The van der Waals surface area contributed by atoms with Crippen LogP contribution in [0.2, 0.25) is 0 Å². The van der Waals surface area contributed by atoms with Crippen LogP contribution in [0.5, 0.6) is 0 Å². The molecule has 0 aliphatic carbocycles. The summed E-state index contributed by atoms with van der Waals surface area (Å²) in [6.07, 6.45) is 3.26. The van der Waals surface area contributed by atoms with Gasteiger partial charge in [0.05, 0.1) is 4.90 Å². The molecule has 2 aromatic carbocycles. The van der Waals surface area contributed by atoms with Gasteiger partial charge in [0.25, 0.3) is 0 Å². The van der Waals surface area contributed by atoms with Crippen molar-refractivity contribution in [3.05, 3.63) is 65.7 Å². The standard InChI is InChI=1S/C24H34N6O3S/c25-34(32,33)23-8-6-22(7-9-23)16-30-18-24(19-31,27-28-30)17-26-14-20-10-12-29(13-11-20)15-21-4-2-1-3-5-21/h1-9,19-20,26-28H,10-18H2,(H2,25,32,33). The molecule has 34 heavy (non-hydrogen) atoms. The number of hydrogen-bond donors (Lipinski definition) is 4. The number of rotatable bonds is 10. The number of sulfonamides is 1. The molecular weight excluding hydrogens is 452 g/mol. The minimum Gasteiger partial charge on any atom is -0.314 e. The van der Waals surface area contributed by atoms with Crippen LogP contribution >= 0.6 is 0 Å². The number of hydrogen-bond acceptors (Lipinski definition) is 8. The van der Waals surface area contributed by atoms with Crippen LogP contribution in [0.3, 0.4) is 0 Å². The van der Waals surface area contributed by atoms with Crippen LogP contribution in [-0.4, -0.2) is 62.9 Å². The van der Waals surface area contributed by atoms with E-state index in [0.717, 1.165) is 50.9 Å². The molecule has 1 atom stereocenters. The van der Waals surface area contributed by atoms with Crippen molar-refractivity contribution < 1.29 is 13.2 Å². The van der Waals surface area contributed by atoms with E-state index in [-0.39, 0.29) is 4.90 Å². The van der Waals surface area contributed by atoms with Gasteiger partial charge in [-0.1, -0.05) is 42.5 Å². The molecule has 9 nitrogen and oxygen atoms in total. The smallest absolute Gasteiger partial charge is 0.238 e. The summed E-state index contributed by atoms with van der Waals surface area (Å²) < 4.78 is 22.8. The monoisotopic (exact) mass is 486 g/mol. The van der Waals surface area contributed by atoms with Crippen LogP contribution < -0.4 is 21.4 Å². The van der Waals surface area contributed by atoms with Gasteiger partial charge in [0.1, 0.15) is 11.8 Å². The van der Waals surface area contributed by atoms with Gasteiger partial charge >= 0.3 is 0 Å². The van der Waals surface area contributed by atoms with Crippen molar-refractivity contribution >= 4 is 16.3 Å². The molecule has 4 rings (SSSR count). The SMILES string of the molecule is NS(=O)(=O)c1ccc(CN2CC(C=O)(CNCC3CCN(Cc4ccccc4)CC3)NN2)cc1.